The second-order valence-corrected chi connectivity index (χ2v) is 7.05. The Kier molecular flexibility index (Phi) is 5.63. The number of hydrogen-bond donors (Lipinski definition) is 1. The molecule has 0 spiro atoms. The zero-order chi connectivity index (χ0) is 15.4. The monoisotopic (exact) mass is 289 g/mol. The first-order valence-corrected chi connectivity index (χ1v) is 8.43. The summed E-state index contributed by atoms with van der Waals surface area (Å²) in [6.07, 6.45) is 3.89. The lowest BCUT2D eigenvalue weighted by Gasteiger charge is -2.26. The summed E-state index contributed by atoms with van der Waals surface area (Å²) in [6, 6.07) is 5.25. The molecule has 0 amide bonds. The normalized spacial score (nSPS) is 15.0. The van der Waals surface area contributed by atoms with E-state index in [1.807, 2.05) is 7.05 Å². The molecule has 0 radical (unpaired) electrons. The van der Waals surface area contributed by atoms with E-state index >= 15 is 0 Å². The van der Waals surface area contributed by atoms with Crippen molar-refractivity contribution in [3.05, 3.63) is 23.4 Å². The number of nitrogens with zero attached hydrogens (tertiary/aromatic N) is 2. The Hall–Kier alpha value is -1.09. The molecule has 0 bridgehead atoms. The van der Waals surface area contributed by atoms with Gasteiger partial charge in [0.1, 0.15) is 5.82 Å². The second kappa shape index (κ2) is 7.26. The fraction of sp³-hybridized carbons (Fsp3) is 0.722. The molecule has 1 aromatic heterocycles. The van der Waals surface area contributed by atoms with Crippen molar-refractivity contribution in [2.45, 2.75) is 65.5 Å². The predicted octanol–water partition coefficient (Wildman–Crippen LogP) is 3.94. The lowest BCUT2D eigenvalue weighted by molar-refractivity contribution is 0.567. The molecule has 21 heavy (non-hydrogen) atoms. The maximum atomic E-state index is 4.95. The first-order valence-electron chi connectivity index (χ1n) is 8.43. The number of hydrogen-bond acceptors (Lipinski definition) is 3. The lowest BCUT2D eigenvalue weighted by Crippen LogP contribution is -2.29. The van der Waals surface area contributed by atoms with Gasteiger partial charge in [0.05, 0.1) is 0 Å². The van der Waals surface area contributed by atoms with Crippen molar-refractivity contribution < 1.29 is 0 Å². The van der Waals surface area contributed by atoms with Crippen LogP contribution in [-0.2, 0) is 6.54 Å². The summed E-state index contributed by atoms with van der Waals surface area (Å²) in [6.45, 7) is 11.1. The molecule has 1 aliphatic rings. The maximum Gasteiger partial charge on any atom is 0.129 e. The van der Waals surface area contributed by atoms with Gasteiger partial charge in [0.2, 0.25) is 0 Å². The summed E-state index contributed by atoms with van der Waals surface area (Å²) in [4.78, 5) is 7.50. The van der Waals surface area contributed by atoms with Crippen LogP contribution in [0, 0.1) is 5.92 Å². The Bertz CT molecular complexity index is 450. The van der Waals surface area contributed by atoms with E-state index in [4.69, 9.17) is 4.98 Å². The molecule has 0 aliphatic heterocycles. The first-order chi connectivity index (χ1) is 10.0. The van der Waals surface area contributed by atoms with Gasteiger partial charge < -0.3 is 10.2 Å². The average Bonchev–Trinajstić information content (AvgIpc) is 3.23. The van der Waals surface area contributed by atoms with Gasteiger partial charge in [0.15, 0.2) is 0 Å². The summed E-state index contributed by atoms with van der Waals surface area (Å²) in [7, 11) is 2.01. The minimum atomic E-state index is 0.478. The smallest absolute Gasteiger partial charge is 0.129 e. The summed E-state index contributed by atoms with van der Waals surface area (Å²) in [5.74, 6) is 2.41. The fourth-order valence-electron chi connectivity index (χ4n) is 2.61. The Balaban J connectivity index is 2.25. The van der Waals surface area contributed by atoms with Crippen molar-refractivity contribution >= 4 is 5.82 Å². The van der Waals surface area contributed by atoms with Gasteiger partial charge in [-0.25, -0.2) is 4.98 Å². The zero-order valence-corrected chi connectivity index (χ0v) is 14.3. The van der Waals surface area contributed by atoms with Crippen LogP contribution >= 0.6 is 0 Å². The molecule has 118 valence electrons. The highest BCUT2D eigenvalue weighted by Crippen LogP contribution is 2.32. The molecule has 1 fully saturated rings. The van der Waals surface area contributed by atoms with Crippen molar-refractivity contribution in [3.8, 4) is 0 Å². The second-order valence-electron chi connectivity index (χ2n) is 7.05. The van der Waals surface area contributed by atoms with Crippen LogP contribution < -0.4 is 10.2 Å². The lowest BCUT2D eigenvalue weighted by atomic mass is 10.1. The number of pyridine rings is 1. The van der Waals surface area contributed by atoms with Crippen LogP contribution in [0.25, 0.3) is 0 Å². The molecule has 0 saturated heterocycles. The molecule has 0 aromatic carbocycles. The van der Waals surface area contributed by atoms with E-state index in [0.717, 1.165) is 25.0 Å². The minimum Gasteiger partial charge on any atom is -0.354 e. The average molecular weight is 289 g/mol. The standard InChI is InChI=1S/C18H31N3/c1-13(2)8-9-21(16-6-7-16)18-11-15(12-19-5)10-17(20-18)14(3)4/h10-11,13-14,16,19H,6-9,12H2,1-5H3. The summed E-state index contributed by atoms with van der Waals surface area (Å²) in [5.41, 5.74) is 2.56. The Morgan fingerprint density at radius 2 is 1.95 bits per heavy atom. The van der Waals surface area contributed by atoms with Crippen LogP contribution in [0.2, 0.25) is 0 Å². The summed E-state index contributed by atoms with van der Waals surface area (Å²) in [5, 5.41) is 3.27. The van der Waals surface area contributed by atoms with Crippen LogP contribution in [0.3, 0.4) is 0 Å². The molecule has 1 aliphatic carbocycles. The van der Waals surface area contributed by atoms with Crippen LogP contribution in [0.15, 0.2) is 12.1 Å². The largest absolute Gasteiger partial charge is 0.354 e. The molecule has 2 rings (SSSR count). The van der Waals surface area contributed by atoms with Gasteiger partial charge in [-0.1, -0.05) is 27.7 Å². The Labute approximate surface area is 130 Å². The molecule has 3 nitrogen and oxygen atoms in total. The Morgan fingerprint density at radius 1 is 1.24 bits per heavy atom. The van der Waals surface area contributed by atoms with Gasteiger partial charge in [0.25, 0.3) is 0 Å². The van der Waals surface area contributed by atoms with Crippen LogP contribution in [0.5, 0.6) is 0 Å². The van der Waals surface area contributed by atoms with Gasteiger partial charge in [-0.3, -0.25) is 0 Å². The molecule has 1 saturated carbocycles. The van der Waals surface area contributed by atoms with Crippen molar-refractivity contribution in [3.63, 3.8) is 0 Å². The predicted molar refractivity (Wildman–Crippen MR) is 90.9 cm³/mol. The van der Waals surface area contributed by atoms with E-state index in [-0.39, 0.29) is 0 Å². The van der Waals surface area contributed by atoms with Gasteiger partial charge in [-0.05, 0) is 55.8 Å². The summed E-state index contributed by atoms with van der Waals surface area (Å²) < 4.78 is 0. The number of rotatable bonds is 8. The highest BCUT2D eigenvalue weighted by atomic mass is 15.2. The van der Waals surface area contributed by atoms with E-state index in [9.17, 15) is 0 Å². The molecule has 1 heterocycles. The number of aromatic nitrogens is 1. The van der Waals surface area contributed by atoms with Crippen molar-refractivity contribution in [2.24, 2.45) is 5.92 Å². The van der Waals surface area contributed by atoms with Crippen molar-refractivity contribution in [1.82, 2.24) is 10.3 Å². The third-order valence-electron chi connectivity index (χ3n) is 4.09. The molecule has 0 atom stereocenters. The maximum absolute atomic E-state index is 4.95. The van der Waals surface area contributed by atoms with Crippen LogP contribution in [0.4, 0.5) is 5.82 Å². The van der Waals surface area contributed by atoms with Crippen LogP contribution in [-0.4, -0.2) is 24.6 Å². The van der Waals surface area contributed by atoms with Gasteiger partial charge >= 0.3 is 0 Å². The van der Waals surface area contributed by atoms with Crippen molar-refractivity contribution in [2.75, 3.05) is 18.5 Å². The van der Waals surface area contributed by atoms with Gasteiger partial charge in [-0.15, -0.1) is 0 Å². The van der Waals surface area contributed by atoms with E-state index in [1.165, 1.54) is 36.3 Å². The molecule has 3 heteroatoms. The molecule has 0 unspecified atom stereocenters. The summed E-state index contributed by atoms with van der Waals surface area (Å²) >= 11 is 0. The van der Waals surface area contributed by atoms with Crippen LogP contribution in [0.1, 0.15) is 64.1 Å². The number of nitrogens with one attached hydrogen (secondary N) is 1. The molecule has 1 N–H and O–H groups in total. The third kappa shape index (κ3) is 4.70. The van der Waals surface area contributed by atoms with E-state index in [2.05, 4.69) is 50.0 Å². The van der Waals surface area contributed by atoms with Crippen molar-refractivity contribution in [1.29, 1.82) is 0 Å². The first kappa shape index (κ1) is 16.3. The Morgan fingerprint density at radius 3 is 2.48 bits per heavy atom. The van der Waals surface area contributed by atoms with E-state index < -0.39 is 0 Å². The number of anilines is 1. The highest BCUT2D eigenvalue weighted by Gasteiger charge is 2.30. The molecular weight excluding hydrogens is 258 g/mol. The highest BCUT2D eigenvalue weighted by molar-refractivity contribution is 5.45. The molecular formula is C18H31N3. The fourth-order valence-corrected chi connectivity index (χ4v) is 2.61. The minimum absolute atomic E-state index is 0.478. The SMILES string of the molecule is CNCc1cc(C(C)C)nc(N(CCC(C)C)C2CC2)c1. The topological polar surface area (TPSA) is 28.2 Å². The van der Waals surface area contributed by atoms with Gasteiger partial charge in [-0.2, -0.15) is 0 Å². The van der Waals surface area contributed by atoms with Gasteiger partial charge in [0, 0.05) is 24.8 Å². The third-order valence-corrected chi connectivity index (χ3v) is 4.09. The van der Waals surface area contributed by atoms with E-state index in [1.54, 1.807) is 0 Å². The zero-order valence-electron chi connectivity index (χ0n) is 14.3. The quantitative estimate of drug-likeness (QED) is 0.785. The van der Waals surface area contributed by atoms with E-state index in [0.29, 0.717) is 5.92 Å². The molecule has 1 aromatic rings.